The highest BCUT2D eigenvalue weighted by atomic mass is 35.5. The lowest BCUT2D eigenvalue weighted by Gasteiger charge is -2.29. The second-order valence-corrected chi connectivity index (χ2v) is 7.30. The van der Waals surface area contributed by atoms with E-state index in [1.807, 2.05) is 30.3 Å². The van der Waals surface area contributed by atoms with Crippen molar-refractivity contribution >= 4 is 35.7 Å². The number of para-hydroxylation sites is 1. The normalized spacial score (nSPS) is 22.6. The van der Waals surface area contributed by atoms with Crippen LogP contribution in [0, 0.1) is 0 Å². The van der Waals surface area contributed by atoms with Gasteiger partial charge >= 0.3 is 6.03 Å². The van der Waals surface area contributed by atoms with E-state index in [0.717, 1.165) is 18.5 Å². The lowest BCUT2D eigenvalue weighted by atomic mass is 9.99. The minimum absolute atomic E-state index is 0. The van der Waals surface area contributed by atoms with Gasteiger partial charge < -0.3 is 21.3 Å². The molecule has 0 saturated carbocycles. The Morgan fingerprint density at radius 3 is 2.00 bits per heavy atom. The van der Waals surface area contributed by atoms with E-state index in [1.165, 1.54) is 12.8 Å². The summed E-state index contributed by atoms with van der Waals surface area (Å²) < 4.78 is 0. The fraction of sp³-hybridized carbons (Fsp3) is 0.333. The number of hydrogen-bond donors (Lipinski definition) is 4. The fourth-order valence-corrected chi connectivity index (χ4v) is 3.96. The molecule has 0 aliphatic carbocycles. The minimum Gasteiger partial charge on any atom is -0.349 e. The zero-order chi connectivity index (χ0) is 18.6. The molecule has 0 aromatic heterocycles. The second kappa shape index (κ2) is 9.08. The molecule has 2 fully saturated rings. The number of halogens is 1. The number of benzene rings is 2. The Morgan fingerprint density at radius 2 is 1.39 bits per heavy atom. The van der Waals surface area contributed by atoms with Crippen molar-refractivity contribution in [3.63, 3.8) is 0 Å². The number of carbonyl (C=O) groups is 2. The molecule has 2 heterocycles. The Hall–Kier alpha value is -2.57. The van der Waals surface area contributed by atoms with Crippen LogP contribution in [0.4, 0.5) is 16.2 Å². The molecular weight excluding hydrogens is 376 g/mol. The molecule has 2 aliphatic rings. The third kappa shape index (κ3) is 5.03. The molecular formula is C21H25ClN4O2. The molecule has 4 rings (SSSR count). The predicted octanol–water partition coefficient (Wildman–Crippen LogP) is 3.77. The van der Waals surface area contributed by atoms with Gasteiger partial charge in [-0.05, 0) is 62.1 Å². The standard InChI is InChI=1S/C21H24N4O2.ClH/c26-20(23-19-12-17-10-11-18(13-19)22-17)14-6-8-16(9-7-14)25-21(27)24-15-4-2-1-3-5-15;/h1-9,17-19,22H,10-13H2,(H,23,26)(H2,24,25,27);1H. The third-order valence-corrected chi connectivity index (χ3v) is 5.24. The summed E-state index contributed by atoms with van der Waals surface area (Å²) in [7, 11) is 0. The van der Waals surface area contributed by atoms with Gasteiger partial charge in [-0.15, -0.1) is 12.4 Å². The van der Waals surface area contributed by atoms with Crippen LogP contribution in [0.15, 0.2) is 54.6 Å². The minimum atomic E-state index is -0.316. The van der Waals surface area contributed by atoms with Crippen LogP contribution in [0.3, 0.4) is 0 Å². The summed E-state index contributed by atoms with van der Waals surface area (Å²) in [6, 6.07) is 17.2. The molecule has 3 amide bonds. The van der Waals surface area contributed by atoms with Crippen LogP contribution in [-0.2, 0) is 0 Å². The first-order valence-electron chi connectivity index (χ1n) is 9.46. The number of fused-ring (bicyclic) bond motifs is 2. The molecule has 2 atom stereocenters. The highest BCUT2D eigenvalue weighted by molar-refractivity contribution is 6.00. The van der Waals surface area contributed by atoms with Crippen LogP contribution in [0.5, 0.6) is 0 Å². The number of hydrogen-bond acceptors (Lipinski definition) is 3. The lowest BCUT2D eigenvalue weighted by Crippen LogP contribution is -2.48. The topological polar surface area (TPSA) is 82.3 Å². The van der Waals surface area contributed by atoms with Crippen LogP contribution in [0.1, 0.15) is 36.0 Å². The monoisotopic (exact) mass is 400 g/mol. The van der Waals surface area contributed by atoms with Crippen LogP contribution in [0.2, 0.25) is 0 Å². The van der Waals surface area contributed by atoms with E-state index in [-0.39, 0.29) is 30.4 Å². The van der Waals surface area contributed by atoms with Crippen LogP contribution >= 0.6 is 12.4 Å². The van der Waals surface area contributed by atoms with Crippen LogP contribution in [0.25, 0.3) is 0 Å². The first-order valence-corrected chi connectivity index (χ1v) is 9.46. The maximum atomic E-state index is 12.5. The second-order valence-electron chi connectivity index (χ2n) is 7.30. The molecule has 148 valence electrons. The van der Waals surface area contributed by atoms with Gasteiger partial charge in [-0.25, -0.2) is 4.79 Å². The van der Waals surface area contributed by atoms with Gasteiger partial charge in [0.25, 0.3) is 5.91 Å². The Bertz CT molecular complexity index is 801. The lowest BCUT2D eigenvalue weighted by molar-refractivity contribution is 0.0924. The molecule has 0 spiro atoms. The molecule has 0 radical (unpaired) electrons. The average Bonchev–Trinajstić information content (AvgIpc) is 3.01. The number of piperidine rings is 1. The highest BCUT2D eigenvalue weighted by Gasteiger charge is 2.34. The Labute approximate surface area is 170 Å². The molecule has 2 saturated heterocycles. The molecule has 2 aromatic rings. The van der Waals surface area contributed by atoms with E-state index in [1.54, 1.807) is 24.3 Å². The zero-order valence-corrected chi connectivity index (χ0v) is 16.3. The third-order valence-electron chi connectivity index (χ3n) is 5.24. The van der Waals surface area contributed by atoms with Gasteiger partial charge in [-0.3, -0.25) is 4.79 Å². The van der Waals surface area contributed by atoms with Crippen molar-refractivity contribution in [3.05, 3.63) is 60.2 Å². The predicted molar refractivity (Wildman–Crippen MR) is 113 cm³/mol. The van der Waals surface area contributed by atoms with E-state index in [0.29, 0.717) is 23.3 Å². The Kier molecular flexibility index (Phi) is 6.54. The van der Waals surface area contributed by atoms with Gasteiger partial charge in [0.2, 0.25) is 0 Å². The van der Waals surface area contributed by atoms with Crippen molar-refractivity contribution in [3.8, 4) is 0 Å². The molecule has 6 nitrogen and oxygen atoms in total. The summed E-state index contributed by atoms with van der Waals surface area (Å²) >= 11 is 0. The zero-order valence-electron chi connectivity index (χ0n) is 15.5. The maximum Gasteiger partial charge on any atom is 0.323 e. The SMILES string of the molecule is Cl.O=C(Nc1ccccc1)Nc1ccc(C(=O)NC2CC3CCC(C2)N3)cc1. The fourth-order valence-electron chi connectivity index (χ4n) is 3.96. The van der Waals surface area contributed by atoms with Crippen molar-refractivity contribution < 1.29 is 9.59 Å². The summed E-state index contributed by atoms with van der Waals surface area (Å²) in [6.07, 6.45) is 4.42. The van der Waals surface area contributed by atoms with E-state index in [4.69, 9.17) is 0 Å². The number of urea groups is 1. The van der Waals surface area contributed by atoms with E-state index < -0.39 is 0 Å². The van der Waals surface area contributed by atoms with Crippen molar-refractivity contribution in [2.24, 2.45) is 0 Å². The average molecular weight is 401 g/mol. The van der Waals surface area contributed by atoms with Gasteiger partial charge in [0.15, 0.2) is 0 Å². The molecule has 2 aliphatic heterocycles. The molecule has 7 heteroatoms. The van der Waals surface area contributed by atoms with Gasteiger partial charge in [0.1, 0.15) is 0 Å². The van der Waals surface area contributed by atoms with Crippen molar-refractivity contribution in [1.82, 2.24) is 10.6 Å². The number of rotatable bonds is 4. The summed E-state index contributed by atoms with van der Waals surface area (Å²) in [5.74, 6) is -0.0541. The number of amides is 3. The summed E-state index contributed by atoms with van der Waals surface area (Å²) in [5.41, 5.74) is 1.97. The van der Waals surface area contributed by atoms with Crippen molar-refractivity contribution in [1.29, 1.82) is 0 Å². The van der Waals surface area contributed by atoms with Gasteiger partial charge in [-0.1, -0.05) is 18.2 Å². The van der Waals surface area contributed by atoms with Crippen LogP contribution in [-0.4, -0.2) is 30.1 Å². The van der Waals surface area contributed by atoms with Gasteiger partial charge in [0, 0.05) is 35.1 Å². The molecule has 2 bridgehead atoms. The first kappa shape index (κ1) is 20.2. The van der Waals surface area contributed by atoms with Gasteiger partial charge in [-0.2, -0.15) is 0 Å². The largest absolute Gasteiger partial charge is 0.349 e. The number of nitrogens with one attached hydrogen (secondary N) is 4. The Balaban J connectivity index is 0.00000225. The van der Waals surface area contributed by atoms with E-state index in [9.17, 15) is 9.59 Å². The Morgan fingerprint density at radius 1 is 0.821 bits per heavy atom. The molecule has 2 unspecified atom stereocenters. The maximum absolute atomic E-state index is 12.5. The smallest absolute Gasteiger partial charge is 0.323 e. The molecule has 2 aromatic carbocycles. The number of carbonyl (C=O) groups excluding carboxylic acids is 2. The number of anilines is 2. The van der Waals surface area contributed by atoms with Crippen LogP contribution < -0.4 is 21.3 Å². The summed E-state index contributed by atoms with van der Waals surface area (Å²) in [4.78, 5) is 24.5. The van der Waals surface area contributed by atoms with Crippen molar-refractivity contribution in [2.75, 3.05) is 10.6 Å². The van der Waals surface area contributed by atoms with E-state index >= 15 is 0 Å². The molecule has 28 heavy (non-hydrogen) atoms. The quantitative estimate of drug-likeness (QED) is 0.630. The highest BCUT2D eigenvalue weighted by Crippen LogP contribution is 2.27. The van der Waals surface area contributed by atoms with Crippen molar-refractivity contribution in [2.45, 2.75) is 43.8 Å². The first-order chi connectivity index (χ1) is 13.2. The van der Waals surface area contributed by atoms with Gasteiger partial charge in [0.05, 0.1) is 0 Å². The molecule has 4 N–H and O–H groups in total. The summed E-state index contributed by atoms with van der Waals surface area (Å²) in [5, 5.41) is 12.3. The van der Waals surface area contributed by atoms with E-state index in [2.05, 4.69) is 21.3 Å². The summed E-state index contributed by atoms with van der Waals surface area (Å²) in [6.45, 7) is 0.